The van der Waals surface area contributed by atoms with Crippen LogP contribution in [-0.2, 0) is 19.1 Å². The molecule has 0 aromatic carbocycles. The van der Waals surface area contributed by atoms with Crippen LogP contribution in [0.3, 0.4) is 0 Å². The van der Waals surface area contributed by atoms with E-state index in [4.69, 9.17) is 14.3 Å². The van der Waals surface area contributed by atoms with Crippen LogP contribution in [0, 0.1) is 0 Å². The summed E-state index contributed by atoms with van der Waals surface area (Å²) in [6.07, 6.45) is 0. The van der Waals surface area contributed by atoms with Gasteiger partial charge in [-0.05, 0) is 6.92 Å². The van der Waals surface area contributed by atoms with E-state index in [1.807, 2.05) is 5.06 Å². The van der Waals surface area contributed by atoms with Crippen LogP contribution >= 0.6 is 0 Å². The first-order chi connectivity index (χ1) is 7.20. The highest BCUT2D eigenvalue weighted by Crippen LogP contribution is 1.98. The van der Waals surface area contributed by atoms with Crippen LogP contribution in [0.15, 0.2) is 12.2 Å². The molecule has 15 heavy (non-hydrogen) atoms. The summed E-state index contributed by atoms with van der Waals surface area (Å²) < 4.78 is 10.0. The minimum atomic E-state index is -0.374. The van der Waals surface area contributed by atoms with Crippen molar-refractivity contribution in [2.75, 3.05) is 39.5 Å². The predicted molar refractivity (Wildman–Crippen MR) is 54.1 cm³/mol. The summed E-state index contributed by atoms with van der Waals surface area (Å²) in [6.45, 7) is 8.61. The molecule has 1 heterocycles. The third-order valence-corrected chi connectivity index (χ3v) is 1.91. The highest BCUT2D eigenvalue weighted by atomic mass is 16.7. The fraction of sp³-hybridized carbons (Fsp3) is 0.700. The van der Waals surface area contributed by atoms with Crippen molar-refractivity contribution in [2.24, 2.45) is 0 Å². The van der Waals surface area contributed by atoms with Crippen molar-refractivity contribution < 1.29 is 19.1 Å². The van der Waals surface area contributed by atoms with Gasteiger partial charge in [-0.2, -0.15) is 5.06 Å². The summed E-state index contributed by atoms with van der Waals surface area (Å²) in [5.74, 6) is -0.374. The standard InChI is InChI=1S/C10H17NO4/c1-9(2)10(12)14-7-8-15-11-3-5-13-6-4-11/h1,3-8H2,2H3. The van der Waals surface area contributed by atoms with E-state index in [9.17, 15) is 4.79 Å². The van der Waals surface area contributed by atoms with Gasteiger partial charge < -0.3 is 9.47 Å². The molecule has 1 saturated heterocycles. The molecule has 0 saturated carbocycles. The fourth-order valence-electron chi connectivity index (χ4n) is 1.10. The Kier molecular flexibility index (Phi) is 5.31. The number of hydroxylamine groups is 2. The number of carbonyl (C=O) groups excluding carboxylic acids is 1. The van der Waals surface area contributed by atoms with Gasteiger partial charge in [-0.15, -0.1) is 0 Å². The number of hydrogen-bond donors (Lipinski definition) is 0. The molecule has 0 aliphatic carbocycles. The molecule has 0 unspecified atom stereocenters. The normalized spacial score (nSPS) is 17.4. The van der Waals surface area contributed by atoms with E-state index >= 15 is 0 Å². The van der Waals surface area contributed by atoms with Crippen LogP contribution in [-0.4, -0.2) is 50.5 Å². The van der Waals surface area contributed by atoms with E-state index in [0.717, 1.165) is 13.1 Å². The molecule has 0 N–H and O–H groups in total. The zero-order valence-electron chi connectivity index (χ0n) is 9.03. The lowest BCUT2D eigenvalue weighted by atomic mass is 10.4. The lowest BCUT2D eigenvalue weighted by Crippen LogP contribution is -2.37. The van der Waals surface area contributed by atoms with Gasteiger partial charge in [0, 0.05) is 18.7 Å². The maximum absolute atomic E-state index is 11.0. The second-order valence-corrected chi connectivity index (χ2v) is 3.29. The van der Waals surface area contributed by atoms with Crippen molar-refractivity contribution in [1.82, 2.24) is 5.06 Å². The Morgan fingerprint density at radius 1 is 1.40 bits per heavy atom. The third-order valence-electron chi connectivity index (χ3n) is 1.91. The largest absolute Gasteiger partial charge is 0.460 e. The molecule has 5 heteroatoms. The van der Waals surface area contributed by atoms with Gasteiger partial charge in [-0.25, -0.2) is 4.79 Å². The fourth-order valence-corrected chi connectivity index (χ4v) is 1.10. The van der Waals surface area contributed by atoms with Crippen LogP contribution < -0.4 is 0 Å². The Hall–Kier alpha value is -0.910. The zero-order valence-corrected chi connectivity index (χ0v) is 9.03. The Morgan fingerprint density at radius 2 is 2.07 bits per heavy atom. The van der Waals surface area contributed by atoms with Crippen LogP contribution in [0.25, 0.3) is 0 Å². The molecule has 0 aromatic rings. The topological polar surface area (TPSA) is 48.0 Å². The van der Waals surface area contributed by atoms with E-state index in [-0.39, 0.29) is 12.6 Å². The molecule has 0 aromatic heterocycles. The van der Waals surface area contributed by atoms with Gasteiger partial charge in [0.2, 0.25) is 0 Å². The first-order valence-electron chi connectivity index (χ1n) is 4.98. The molecule has 86 valence electrons. The van der Waals surface area contributed by atoms with Crippen molar-refractivity contribution >= 4 is 5.97 Å². The van der Waals surface area contributed by atoms with Gasteiger partial charge in [0.15, 0.2) is 0 Å². The van der Waals surface area contributed by atoms with Crippen molar-refractivity contribution in [3.8, 4) is 0 Å². The first kappa shape index (κ1) is 12.2. The molecular formula is C10H17NO4. The minimum Gasteiger partial charge on any atom is -0.460 e. The Balaban J connectivity index is 2.01. The number of ether oxygens (including phenoxy) is 2. The SMILES string of the molecule is C=C(C)C(=O)OCCON1CCOCC1. The van der Waals surface area contributed by atoms with E-state index in [1.54, 1.807) is 6.92 Å². The van der Waals surface area contributed by atoms with Crippen LogP contribution in [0.1, 0.15) is 6.92 Å². The molecule has 0 radical (unpaired) electrons. The predicted octanol–water partition coefficient (Wildman–Crippen LogP) is 0.369. The van der Waals surface area contributed by atoms with Gasteiger partial charge in [-0.3, -0.25) is 4.84 Å². The Labute approximate surface area is 89.5 Å². The van der Waals surface area contributed by atoms with Crippen LogP contribution in [0.2, 0.25) is 0 Å². The molecule has 0 bridgehead atoms. The van der Waals surface area contributed by atoms with E-state index < -0.39 is 0 Å². The summed E-state index contributed by atoms with van der Waals surface area (Å²) in [5, 5.41) is 1.82. The molecule has 1 fully saturated rings. The van der Waals surface area contributed by atoms with Gasteiger partial charge in [0.05, 0.1) is 13.2 Å². The van der Waals surface area contributed by atoms with Crippen molar-refractivity contribution in [1.29, 1.82) is 0 Å². The maximum atomic E-state index is 11.0. The highest BCUT2D eigenvalue weighted by Gasteiger charge is 2.10. The highest BCUT2D eigenvalue weighted by molar-refractivity contribution is 5.86. The van der Waals surface area contributed by atoms with Gasteiger partial charge in [0.1, 0.15) is 13.2 Å². The zero-order chi connectivity index (χ0) is 11.1. The van der Waals surface area contributed by atoms with E-state index in [1.165, 1.54) is 0 Å². The summed E-state index contributed by atoms with van der Waals surface area (Å²) in [6, 6.07) is 0. The number of morpholine rings is 1. The molecule has 0 spiro atoms. The Bertz CT molecular complexity index is 223. The molecule has 1 rings (SSSR count). The molecule has 5 nitrogen and oxygen atoms in total. The van der Waals surface area contributed by atoms with Crippen LogP contribution in [0.4, 0.5) is 0 Å². The van der Waals surface area contributed by atoms with Gasteiger partial charge >= 0.3 is 5.97 Å². The number of carbonyl (C=O) groups is 1. The van der Waals surface area contributed by atoms with Crippen molar-refractivity contribution in [2.45, 2.75) is 6.92 Å². The van der Waals surface area contributed by atoms with Crippen molar-refractivity contribution in [3.05, 3.63) is 12.2 Å². The van der Waals surface area contributed by atoms with E-state index in [0.29, 0.717) is 25.4 Å². The lowest BCUT2D eigenvalue weighted by molar-refractivity contribution is -0.201. The Morgan fingerprint density at radius 3 is 2.67 bits per heavy atom. The molecule has 1 aliphatic heterocycles. The lowest BCUT2D eigenvalue weighted by Gasteiger charge is -2.25. The number of esters is 1. The molecule has 0 amide bonds. The summed E-state index contributed by atoms with van der Waals surface area (Å²) in [7, 11) is 0. The smallest absolute Gasteiger partial charge is 0.333 e. The quantitative estimate of drug-likeness (QED) is 0.377. The van der Waals surface area contributed by atoms with E-state index in [2.05, 4.69) is 6.58 Å². The average molecular weight is 215 g/mol. The summed E-state index contributed by atoms with van der Waals surface area (Å²) >= 11 is 0. The number of nitrogens with zero attached hydrogens (tertiary/aromatic N) is 1. The first-order valence-corrected chi connectivity index (χ1v) is 4.98. The second-order valence-electron chi connectivity index (χ2n) is 3.29. The summed E-state index contributed by atoms with van der Waals surface area (Å²) in [5.41, 5.74) is 0.404. The average Bonchev–Trinajstić information content (AvgIpc) is 2.25. The monoisotopic (exact) mass is 215 g/mol. The van der Waals surface area contributed by atoms with Crippen LogP contribution in [0.5, 0.6) is 0 Å². The minimum absolute atomic E-state index is 0.253. The molecule has 0 atom stereocenters. The van der Waals surface area contributed by atoms with Gasteiger partial charge in [-0.1, -0.05) is 6.58 Å². The number of rotatable bonds is 5. The van der Waals surface area contributed by atoms with Gasteiger partial charge in [0.25, 0.3) is 0 Å². The number of hydrogen-bond acceptors (Lipinski definition) is 5. The molecular weight excluding hydrogens is 198 g/mol. The molecule has 1 aliphatic rings. The maximum Gasteiger partial charge on any atom is 0.333 e. The van der Waals surface area contributed by atoms with Crippen molar-refractivity contribution in [3.63, 3.8) is 0 Å². The second kappa shape index (κ2) is 6.55. The third kappa shape index (κ3) is 4.92. The summed E-state index contributed by atoms with van der Waals surface area (Å²) in [4.78, 5) is 16.3.